The minimum atomic E-state index is 0.815. The first-order chi connectivity index (χ1) is 9.81. The zero-order chi connectivity index (χ0) is 13.8. The summed E-state index contributed by atoms with van der Waals surface area (Å²) in [6.45, 7) is 0. The van der Waals surface area contributed by atoms with Crippen LogP contribution in [-0.4, -0.2) is 16.6 Å². The summed E-state index contributed by atoms with van der Waals surface area (Å²) in [5.74, 6) is 0.815. The number of hydrazone groups is 1. The number of thioether (sulfide) groups is 1. The van der Waals surface area contributed by atoms with Gasteiger partial charge in [-0.25, -0.2) is 4.99 Å². The molecule has 0 amide bonds. The molecular formula is C15H12BrN3S. The van der Waals surface area contributed by atoms with Crippen LogP contribution in [0.15, 0.2) is 69.2 Å². The van der Waals surface area contributed by atoms with Crippen molar-refractivity contribution in [1.82, 2.24) is 5.43 Å². The molecule has 0 fully saturated rings. The summed E-state index contributed by atoms with van der Waals surface area (Å²) in [7, 11) is 0. The normalized spacial score (nSPS) is 16.6. The number of rotatable bonds is 2. The van der Waals surface area contributed by atoms with Gasteiger partial charge in [0.15, 0.2) is 5.17 Å². The number of para-hydroxylation sites is 1. The quantitative estimate of drug-likeness (QED) is 0.886. The number of hydrogen-bond donors (Lipinski definition) is 1. The highest BCUT2D eigenvalue weighted by Gasteiger charge is 2.13. The minimum absolute atomic E-state index is 0.815. The third-order valence-corrected chi connectivity index (χ3v) is 4.14. The Labute approximate surface area is 130 Å². The van der Waals surface area contributed by atoms with Crippen LogP contribution >= 0.6 is 27.7 Å². The number of amidine groups is 1. The molecule has 2 aromatic carbocycles. The minimum Gasteiger partial charge on any atom is -0.255 e. The highest BCUT2D eigenvalue weighted by Crippen LogP contribution is 2.19. The first-order valence-corrected chi connectivity index (χ1v) is 7.94. The first-order valence-electron chi connectivity index (χ1n) is 6.16. The first kappa shape index (κ1) is 13.4. The van der Waals surface area contributed by atoms with Crippen molar-refractivity contribution in [2.75, 3.05) is 5.75 Å². The molecule has 3 rings (SSSR count). The lowest BCUT2D eigenvalue weighted by molar-refractivity contribution is 1.03. The van der Waals surface area contributed by atoms with E-state index in [1.54, 1.807) is 11.8 Å². The Morgan fingerprint density at radius 2 is 1.95 bits per heavy atom. The zero-order valence-electron chi connectivity index (χ0n) is 10.6. The van der Waals surface area contributed by atoms with Crippen LogP contribution in [-0.2, 0) is 0 Å². The van der Waals surface area contributed by atoms with Gasteiger partial charge in [0.05, 0.1) is 11.4 Å². The van der Waals surface area contributed by atoms with Crippen LogP contribution in [0.4, 0.5) is 5.69 Å². The average Bonchev–Trinajstić information content (AvgIpc) is 2.49. The number of benzene rings is 2. The highest BCUT2D eigenvalue weighted by atomic mass is 79.9. The fraction of sp³-hybridized carbons (Fsp3) is 0.0667. The monoisotopic (exact) mass is 345 g/mol. The molecule has 0 aliphatic carbocycles. The van der Waals surface area contributed by atoms with E-state index in [4.69, 9.17) is 0 Å². The van der Waals surface area contributed by atoms with Gasteiger partial charge in [0.25, 0.3) is 0 Å². The maximum absolute atomic E-state index is 4.52. The Hall–Kier alpha value is -1.59. The standard InChI is InChI=1S/C15H12BrN3S/c16-12-6-4-5-11(9-12)14-10-20-15(19-18-14)17-13-7-2-1-3-8-13/h1-9H,10H2,(H,17,19). The van der Waals surface area contributed by atoms with E-state index in [2.05, 4.69) is 43.6 Å². The maximum atomic E-state index is 4.52. The molecule has 20 heavy (non-hydrogen) atoms. The Kier molecular flexibility index (Phi) is 4.18. The second kappa shape index (κ2) is 6.24. The third-order valence-electron chi connectivity index (χ3n) is 2.78. The summed E-state index contributed by atoms with van der Waals surface area (Å²) in [5, 5.41) is 5.24. The molecule has 0 bridgehead atoms. The molecule has 1 heterocycles. The number of hydrogen-bond acceptors (Lipinski definition) is 3. The second-order valence-electron chi connectivity index (χ2n) is 4.22. The van der Waals surface area contributed by atoms with Gasteiger partial charge < -0.3 is 0 Å². The molecule has 0 spiro atoms. The summed E-state index contributed by atoms with van der Waals surface area (Å²) >= 11 is 5.14. The fourth-order valence-corrected chi connectivity index (χ4v) is 2.99. The molecule has 3 nitrogen and oxygen atoms in total. The maximum Gasteiger partial charge on any atom is 0.182 e. The van der Waals surface area contributed by atoms with Crippen molar-refractivity contribution in [2.45, 2.75) is 0 Å². The van der Waals surface area contributed by atoms with Crippen molar-refractivity contribution in [2.24, 2.45) is 10.1 Å². The summed E-state index contributed by atoms with van der Waals surface area (Å²) in [6, 6.07) is 18.0. The predicted molar refractivity (Wildman–Crippen MR) is 89.8 cm³/mol. The molecule has 0 atom stereocenters. The Balaban J connectivity index is 1.77. The van der Waals surface area contributed by atoms with Crippen molar-refractivity contribution in [3.63, 3.8) is 0 Å². The number of aliphatic imine (C=N–C) groups is 1. The molecule has 2 aromatic rings. The molecule has 100 valence electrons. The lowest BCUT2D eigenvalue weighted by Crippen LogP contribution is -2.25. The fourth-order valence-electron chi connectivity index (χ4n) is 1.81. The summed E-state index contributed by atoms with van der Waals surface area (Å²) in [6.07, 6.45) is 0. The van der Waals surface area contributed by atoms with Gasteiger partial charge in [-0.3, -0.25) is 5.43 Å². The Bertz CT molecular complexity index is 668. The second-order valence-corrected chi connectivity index (χ2v) is 6.10. The summed E-state index contributed by atoms with van der Waals surface area (Å²) in [4.78, 5) is 4.52. The van der Waals surface area contributed by atoms with E-state index in [1.807, 2.05) is 42.5 Å². The van der Waals surface area contributed by atoms with Crippen LogP contribution in [0, 0.1) is 0 Å². The van der Waals surface area contributed by atoms with Crippen LogP contribution in [0.1, 0.15) is 5.56 Å². The van der Waals surface area contributed by atoms with Crippen LogP contribution in [0.5, 0.6) is 0 Å². The SMILES string of the molecule is Brc1cccc(C2=NNC(=Nc3ccccc3)SC2)c1. The average molecular weight is 346 g/mol. The Morgan fingerprint density at radius 3 is 2.65 bits per heavy atom. The molecule has 5 heteroatoms. The van der Waals surface area contributed by atoms with Crippen LogP contribution < -0.4 is 5.43 Å². The number of nitrogens with one attached hydrogen (secondary N) is 1. The number of halogens is 1. The van der Waals surface area contributed by atoms with Gasteiger partial charge in [-0.05, 0) is 29.8 Å². The van der Waals surface area contributed by atoms with Crippen molar-refractivity contribution >= 4 is 44.3 Å². The predicted octanol–water partition coefficient (Wildman–Crippen LogP) is 4.18. The molecule has 1 aliphatic rings. The third kappa shape index (κ3) is 3.29. The van der Waals surface area contributed by atoms with E-state index in [-0.39, 0.29) is 0 Å². The molecule has 1 aliphatic heterocycles. The van der Waals surface area contributed by atoms with E-state index in [0.717, 1.165) is 32.4 Å². The molecule has 0 aromatic heterocycles. The van der Waals surface area contributed by atoms with Gasteiger partial charge in [0, 0.05) is 10.2 Å². The van der Waals surface area contributed by atoms with Gasteiger partial charge in [-0.2, -0.15) is 5.10 Å². The molecular weight excluding hydrogens is 334 g/mol. The van der Waals surface area contributed by atoms with E-state index in [9.17, 15) is 0 Å². The van der Waals surface area contributed by atoms with Crippen molar-refractivity contribution in [3.05, 3.63) is 64.6 Å². The zero-order valence-corrected chi connectivity index (χ0v) is 13.0. The van der Waals surface area contributed by atoms with E-state index >= 15 is 0 Å². The van der Waals surface area contributed by atoms with Gasteiger partial charge in [-0.15, -0.1) is 0 Å². The van der Waals surface area contributed by atoms with Gasteiger partial charge in [-0.1, -0.05) is 58.0 Å². The molecule has 0 saturated carbocycles. The van der Waals surface area contributed by atoms with Crippen LogP contribution in [0.3, 0.4) is 0 Å². The molecule has 1 N–H and O–H groups in total. The number of nitrogens with zero attached hydrogens (tertiary/aromatic N) is 2. The smallest absolute Gasteiger partial charge is 0.182 e. The molecule has 0 saturated heterocycles. The largest absolute Gasteiger partial charge is 0.255 e. The van der Waals surface area contributed by atoms with E-state index < -0.39 is 0 Å². The van der Waals surface area contributed by atoms with E-state index in [1.165, 1.54) is 0 Å². The summed E-state index contributed by atoms with van der Waals surface area (Å²) in [5.41, 5.74) is 6.11. The van der Waals surface area contributed by atoms with Gasteiger partial charge in [0.1, 0.15) is 0 Å². The van der Waals surface area contributed by atoms with Gasteiger partial charge in [0.2, 0.25) is 0 Å². The highest BCUT2D eigenvalue weighted by molar-refractivity contribution is 9.10. The van der Waals surface area contributed by atoms with Crippen LogP contribution in [0.2, 0.25) is 0 Å². The summed E-state index contributed by atoms with van der Waals surface area (Å²) < 4.78 is 1.06. The molecule has 0 radical (unpaired) electrons. The molecule has 0 unspecified atom stereocenters. The van der Waals surface area contributed by atoms with Gasteiger partial charge >= 0.3 is 0 Å². The van der Waals surface area contributed by atoms with Crippen molar-refractivity contribution in [3.8, 4) is 0 Å². The van der Waals surface area contributed by atoms with Crippen LogP contribution in [0.25, 0.3) is 0 Å². The van der Waals surface area contributed by atoms with Crippen molar-refractivity contribution in [1.29, 1.82) is 0 Å². The Morgan fingerprint density at radius 1 is 1.10 bits per heavy atom. The van der Waals surface area contributed by atoms with Crippen molar-refractivity contribution < 1.29 is 0 Å². The lowest BCUT2D eigenvalue weighted by atomic mass is 10.1. The lowest BCUT2D eigenvalue weighted by Gasteiger charge is -2.14. The van der Waals surface area contributed by atoms with E-state index in [0.29, 0.717) is 0 Å². The topological polar surface area (TPSA) is 36.8 Å².